The van der Waals surface area contributed by atoms with E-state index in [0.29, 0.717) is 29.6 Å². The largest absolute Gasteiger partial charge is 0.495 e. The van der Waals surface area contributed by atoms with Gasteiger partial charge in [-0.1, -0.05) is 0 Å². The van der Waals surface area contributed by atoms with Crippen LogP contribution in [0.15, 0.2) is 18.2 Å². The van der Waals surface area contributed by atoms with Crippen LogP contribution in [0, 0.1) is 0 Å². The second-order valence-corrected chi connectivity index (χ2v) is 5.48. The summed E-state index contributed by atoms with van der Waals surface area (Å²) in [6.07, 6.45) is 3.61. The van der Waals surface area contributed by atoms with Crippen LogP contribution in [-0.4, -0.2) is 31.5 Å². The van der Waals surface area contributed by atoms with Gasteiger partial charge >= 0.3 is 0 Å². The van der Waals surface area contributed by atoms with Gasteiger partial charge in [-0.05, 0) is 44.0 Å². The fourth-order valence-electron chi connectivity index (χ4n) is 2.61. The lowest BCUT2D eigenvalue weighted by atomic mass is 10.1. The first kappa shape index (κ1) is 16.3. The Morgan fingerprint density at radius 3 is 2.82 bits per heavy atom. The molecule has 0 spiro atoms. The normalized spacial score (nSPS) is 17.1. The number of hydrogen-bond acceptors (Lipinski definition) is 4. The number of benzene rings is 1. The topological polar surface area (TPSA) is 79.5 Å². The van der Waals surface area contributed by atoms with Crippen LogP contribution in [0.4, 0.5) is 11.4 Å². The summed E-state index contributed by atoms with van der Waals surface area (Å²) in [5, 5.41) is 8.92. The second kappa shape index (κ2) is 7.79. The van der Waals surface area contributed by atoms with E-state index in [4.69, 9.17) is 4.74 Å². The molecule has 1 atom stereocenters. The molecular weight excluding hydrogens is 282 g/mol. The summed E-state index contributed by atoms with van der Waals surface area (Å²) in [4.78, 5) is 23.2. The van der Waals surface area contributed by atoms with Crippen LogP contribution in [-0.2, 0) is 9.59 Å². The maximum absolute atomic E-state index is 12.1. The zero-order valence-corrected chi connectivity index (χ0v) is 13.1. The molecule has 2 amide bonds. The number of nitrogens with one attached hydrogen (secondary N) is 3. The lowest BCUT2D eigenvalue weighted by molar-refractivity contribution is -0.116. The Morgan fingerprint density at radius 2 is 2.18 bits per heavy atom. The molecule has 1 unspecified atom stereocenters. The van der Waals surface area contributed by atoms with Crippen LogP contribution in [0.1, 0.15) is 32.6 Å². The highest BCUT2D eigenvalue weighted by atomic mass is 16.5. The Balaban J connectivity index is 1.96. The first-order chi connectivity index (χ1) is 10.6. The van der Waals surface area contributed by atoms with Gasteiger partial charge in [0, 0.05) is 25.1 Å². The molecule has 0 saturated carbocycles. The summed E-state index contributed by atoms with van der Waals surface area (Å²) in [5.41, 5.74) is 1.19. The van der Waals surface area contributed by atoms with Crippen molar-refractivity contribution in [1.82, 2.24) is 5.32 Å². The molecule has 1 aliphatic rings. The minimum absolute atomic E-state index is 0.0491. The van der Waals surface area contributed by atoms with Gasteiger partial charge in [-0.3, -0.25) is 9.59 Å². The van der Waals surface area contributed by atoms with E-state index in [9.17, 15) is 9.59 Å². The summed E-state index contributed by atoms with van der Waals surface area (Å²) < 4.78 is 5.24. The molecule has 1 aliphatic heterocycles. The molecule has 2 rings (SSSR count). The van der Waals surface area contributed by atoms with Crippen LogP contribution in [0.3, 0.4) is 0 Å². The molecule has 1 fully saturated rings. The molecule has 0 bridgehead atoms. The molecule has 1 aromatic rings. The van der Waals surface area contributed by atoms with Gasteiger partial charge in [0.1, 0.15) is 5.75 Å². The first-order valence-corrected chi connectivity index (χ1v) is 7.57. The van der Waals surface area contributed by atoms with Gasteiger partial charge in [-0.15, -0.1) is 0 Å². The van der Waals surface area contributed by atoms with Gasteiger partial charge < -0.3 is 20.7 Å². The van der Waals surface area contributed by atoms with Crippen molar-refractivity contribution in [2.24, 2.45) is 0 Å². The van der Waals surface area contributed by atoms with E-state index >= 15 is 0 Å². The highest BCUT2D eigenvalue weighted by molar-refractivity contribution is 5.94. The first-order valence-electron chi connectivity index (χ1n) is 7.57. The number of hydrogen-bond donors (Lipinski definition) is 3. The Kier molecular flexibility index (Phi) is 5.77. The third kappa shape index (κ3) is 4.73. The van der Waals surface area contributed by atoms with Gasteiger partial charge in [-0.25, -0.2) is 0 Å². The molecular formula is C16H23N3O3. The third-order valence-corrected chi connectivity index (χ3v) is 3.68. The molecule has 22 heavy (non-hydrogen) atoms. The SMILES string of the molecule is COc1ccc(NC(C)=O)cc1NC(=O)CCC1CCCN1. The number of methoxy groups -OCH3 is 1. The van der Waals surface area contributed by atoms with Crippen molar-refractivity contribution in [3.05, 3.63) is 18.2 Å². The second-order valence-electron chi connectivity index (χ2n) is 5.48. The Labute approximate surface area is 130 Å². The van der Waals surface area contributed by atoms with Gasteiger partial charge in [0.2, 0.25) is 11.8 Å². The van der Waals surface area contributed by atoms with Crippen molar-refractivity contribution in [3.8, 4) is 5.75 Å². The monoisotopic (exact) mass is 305 g/mol. The van der Waals surface area contributed by atoms with Crippen LogP contribution >= 0.6 is 0 Å². The summed E-state index contributed by atoms with van der Waals surface area (Å²) >= 11 is 0. The molecule has 3 N–H and O–H groups in total. The van der Waals surface area contributed by atoms with Crippen molar-refractivity contribution in [2.75, 3.05) is 24.3 Å². The predicted molar refractivity (Wildman–Crippen MR) is 86.2 cm³/mol. The molecule has 1 aromatic carbocycles. The van der Waals surface area contributed by atoms with Gasteiger partial charge in [-0.2, -0.15) is 0 Å². The maximum Gasteiger partial charge on any atom is 0.224 e. The Morgan fingerprint density at radius 1 is 1.36 bits per heavy atom. The van der Waals surface area contributed by atoms with Crippen molar-refractivity contribution in [3.63, 3.8) is 0 Å². The van der Waals surface area contributed by atoms with E-state index in [-0.39, 0.29) is 11.8 Å². The number of rotatable bonds is 6. The summed E-state index contributed by atoms with van der Waals surface area (Å²) in [6, 6.07) is 5.60. The molecule has 1 heterocycles. The van der Waals surface area contributed by atoms with Crippen molar-refractivity contribution < 1.29 is 14.3 Å². The number of carbonyl (C=O) groups excluding carboxylic acids is 2. The molecule has 1 saturated heterocycles. The van der Waals surface area contributed by atoms with E-state index in [2.05, 4.69) is 16.0 Å². The number of amides is 2. The lowest BCUT2D eigenvalue weighted by Gasteiger charge is -2.13. The Hall–Kier alpha value is -2.08. The summed E-state index contributed by atoms with van der Waals surface area (Å²) in [6.45, 7) is 2.48. The van der Waals surface area contributed by atoms with Crippen LogP contribution in [0.25, 0.3) is 0 Å². The summed E-state index contributed by atoms with van der Waals surface area (Å²) in [5.74, 6) is 0.364. The van der Waals surface area contributed by atoms with Gasteiger partial charge in [0.25, 0.3) is 0 Å². The van der Waals surface area contributed by atoms with Gasteiger partial charge in [0.15, 0.2) is 0 Å². The third-order valence-electron chi connectivity index (χ3n) is 3.68. The van der Waals surface area contributed by atoms with E-state index < -0.39 is 0 Å². The highest BCUT2D eigenvalue weighted by Gasteiger charge is 2.16. The predicted octanol–water partition coefficient (Wildman–Crippen LogP) is 2.12. The average molecular weight is 305 g/mol. The molecule has 6 nitrogen and oxygen atoms in total. The van der Waals surface area contributed by atoms with Gasteiger partial charge in [0.05, 0.1) is 12.8 Å². The van der Waals surface area contributed by atoms with Crippen molar-refractivity contribution in [1.29, 1.82) is 0 Å². The molecule has 0 aliphatic carbocycles. The maximum atomic E-state index is 12.1. The quantitative estimate of drug-likeness (QED) is 0.752. The molecule has 6 heteroatoms. The smallest absolute Gasteiger partial charge is 0.224 e. The van der Waals surface area contributed by atoms with Crippen molar-refractivity contribution >= 4 is 23.2 Å². The number of anilines is 2. The fourth-order valence-corrected chi connectivity index (χ4v) is 2.61. The standard InChI is InChI=1S/C16H23N3O3/c1-11(20)18-13-5-7-15(22-2)14(10-13)19-16(21)8-6-12-4-3-9-17-12/h5,7,10,12,17H,3-4,6,8-9H2,1-2H3,(H,18,20)(H,19,21). The Bertz CT molecular complexity index is 539. The average Bonchev–Trinajstić information content (AvgIpc) is 2.98. The molecule has 0 aromatic heterocycles. The fraction of sp³-hybridized carbons (Fsp3) is 0.500. The molecule has 0 radical (unpaired) electrons. The van der Waals surface area contributed by atoms with Crippen LogP contribution in [0.5, 0.6) is 5.75 Å². The van der Waals surface area contributed by atoms with E-state index in [1.807, 2.05) is 0 Å². The summed E-state index contributed by atoms with van der Waals surface area (Å²) in [7, 11) is 1.55. The number of ether oxygens (including phenoxy) is 1. The minimum atomic E-state index is -0.158. The minimum Gasteiger partial charge on any atom is -0.495 e. The van der Waals surface area contributed by atoms with E-state index in [1.54, 1.807) is 25.3 Å². The van der Waals surface area contributed by atoms with E-state index in [1.165, 1.54) is 13.3 Å². The lowest BCUT2D eigenvalue weighted by Crippen LogP contribution is -2.23. The van der Waals surface area contributed by atoms with Crippen LogP contribution in [0.2, 0.25) is 0 Å². The zero-order chi connectivity index (χ0) is 15.9. The molecule has 120 valence electrons. The highest BCUT2D eigenvalue weighted by Crippen LogP contribution is 2.28. The van der Waals surface area contributed by atoms with Crippen molar-refractivity contribution in [2.45, 2.75) is 38.6 Å². The van der Waals surface area contributed by atoms with Crippen LogP contribution < -0.4 is 20.7 Å². The number of carbonyl (C=O) groups is 2. The zero-order valence-electron chi connectivity index (χ0n) is 13.1. The van der Waals surface area contributed by atoms with E-state index in [0.717, 1.165) is 19.4 Å².